The Labute approximate surface area is 164 Å². The normalized spacial score (nSPS) is 13.5. The van der Waals surface area contributed by atoms with Crippen molar-refractivity contribution >= 4 is 5.97 Å². The Kier molecular flexibility index (Phi) is 19.3. The van der Waals surface area contributed by atoms with Gasteiger partial charge < -0.3 is 41.7 Å². The van der Waals surface area contributed by atoms with E-state index in [2.05, 4.69) is 45.7 Å². The minimum absolute atomic E-state index is 0.150. The fourth-order valence-corrected chi connectivity index (χ4v) is 2.48. The van der Waals surface area contributed by atoms with E-state index in [0.717, 1.165) is 58.9 Å². The molecule has 27 heavy (non-hydrogen) atoms. The summed E-state index contributed by atoms with van der Waals surface area (Å²) in [5, 5.41) is 30.0. The molecule has 0 heterocycles. The molecule has 0 aromatic carbocycles. The highest BCUT2D eigenvalue weighted by molar-refractivity contribution is 5.70. The molecule has 162 valence electrons. The van der Waals surface area contributed by atoms with Crippen molar-refractivity contribution in [3.05, 3.63) is 0 Å². The summed E-state index contributed by atoms with van der Waals surface area (Å²) >= 11 is 0. The summed E-state index contributed by atoms with van der Waals surface area (Å²) in [5.74, 6) is -0.322. The number of carbonyl (C=O) groups is 1. The predicted octanol–water partition coefficient (Wildman–Crippen LogP) is -2.14. The van der Waals surface area contributed by atoms with E-state index in [4.69, 9.17) is 4.74 Å². The van der Waals surface area contributed by atoms with Gasteiger partial charge in [0.25, 0.3) is 0 Å². The molecule has 7 N–H and O–H groups in total. The molecule has 0 aromatic rings. The Morgan fingerprint density at radius 2 is 1.30 bits per heavy atom. The van der Waals surface area contributed by atoms with E-state index in [-0.39, 0.29) is 18.4 Å². The van der Waals surface area contributed by atoms with Crippen molar-refractivity contribution in [2.24, 2.45) is 0 Å². The molecule has 0 aliphatic carbocycles. The molecule has 0 amide bonds. The molecule has 2 unspecified atom stereocenters. The summed E-state index contributed by atoms with van der Waals surface area (Å²) in [6.07, 6.45) is -0.509. The number of likely N-dealkylation sites (N-methyl/N-ethyl adjacent to an activating group) is 2. The van der Waals surface area contributed by atoms with Crippen LogP contribution in [0.2, 0.25) is 0 Å². The van der Waals surface area contributed by atoms with E-state index in [1.54, 1.807) is 0 Å². The fourth-order valence-electron chi connectivity index (χ4n) is 2.48. The van der Waals surface area contributed by atoms with E-state index in [9.17, 15) is 9.90 Å². The van der Waals surface area contributed by atoms with Crippen LogP contribution in [0, 0.1) is 0 Å². The van der Waals surface area contributed by atoms with Crippen LogP contribution < -0.4 is 31.9 Å². The SMILES string of the molecule is CCNCCNCCNCC(O)C(CC(=O)OC)NCCNCCNCC. The van der Waals surface area contributed by atoms with Crippen molar-refractivity contribution in [2.75, 3.05) is 79.1 Å². The van der Waals surface area contributed by atoms with E-state index in [0.29, 0.717) is 13.1 Å². The second-order valence-corrected chi connectivity index (χ2v) is 6.32. The second-order valence-electron chi connectivity index (χ2n) is 6.32. The first kappa shape index (κ1) is 26.2. The van der Waals surface area contributed by atoms with Gasteiger partial charge in [0, 0.05) is 64.9 Å². The van der Waals surface area contributed by atoms with Gasteiger partial charge in [-0.15, -0.1) is 0 Å². The van der Waals surface area contributed by atoms with Gasteiger partial charge >= 0.3 is 5.97 Å². The number of hydrogen-bond donors (Lipinski definition) is 7. The van der Waals surface area contributed by atoms with Crippen molar-refractivity contribution in [1.82, 2.24) is 31.9 Å². The molecule has 9 heteroatoms. The van der Waals surface area contributed by atoms with Crippen molar-refractivity contribution in [2.45, 2.75) is 32.4 Å². The Bertz CT molecular complexity index is 336. The van der Waals surface area contributed by atoms with Crippen LogP contribution in [0.4, 0.5) is 0 Å². The zero-order valence-corrected chi connectivity index (χ0v) is 17.4. The van der Waals surface area contributed by atoms with Gasteiger partial charge in [-0.3, -0.25) is 4.79 Å². The molecule has 0 radical (unpaired) electrons. The number of ether oxygens (including phenoxy) is 1. The first-order valence-electron chi connectivity index (χ1n) is 10.2. The average Bonchev–Trinajstić information content (AvgIpc) is 2.67. The fraction of sp³-hybridized carbons (Fsp3) is 0.944. The number of aliphatic hydroxyl groups excluding tert-OH is 1. The lowest BCUT2D eigenvalue weighted by Crippen LogP contribution is -2.49. The van der Waals surface area contributed by atoms with Crippen LogP contribution in [0.15, 0.2) is 0 Å². The molecular weight excluding hydrogens is 348 g/mol. The van der Waals surface area contributed by atoms with Gasteiger partial charge in [0.15, 0.2) is 0 Å². The van der Waals surface area contributed by atoms with Crippen LogP contribution in [0.25, 0.3) is 0 Å². The third-order valence-corrected chi connectivity index (χ3v) is 4.08. The third-order valence-electron chi connectivity index (χ3n) is 4.08. The maximum absolute atomic E-state index is 11.6. The average molecular weight is 391 g/mol. The van der Waals surface area contributed by atoms with Crippen molar-refractivity contribution in [1.29, 1.82) is 0 Å². The van der Waals surface area contributed by atoms with Gasteiger partial charge in [-0.25, -0.2) is 0 Å². The molecule has 0 aromatic heterocycles. The lowest BCUT2D eigenvalue weighted by molar-refractivity contribution is -0.141. The molecule has 9 nitrogen and oxygen atoms in total. The van der Waals surface area contributed by atoms with Crippen LogP contribution in [0.3, 0.4) is 0 Å². The van der Waals surface area contributed by atoms with Crippen LogP contribution in [0.5, 0.6) is 0 Å². The Balaban J connectivity index is 3.94. The largest absolute Gasteiger partial charge is 0.469 e. The summed E-state index contributed by atoms with van der Waals surface area (Å²) in [4.78, 5) is 11.6. The van der Waals surface area contributed by atoms with Crippen molar-refractivity contribution < 1.29 is 14.6 Å². The Morgan fingerprint density at radius 1 is 0.815 bits per heavy atom. The molecule has 0 aliphatic heterocycles. The van der Waals surface area contributed by atoms with Gasteiger partial charge in [0.05, 0.1) is 19.6 Å². The molecule has 0 bridgehead atoms. The highest BCUT2D eigenvalue weighted by atomic mass is 16.5. The highest BCUT2D eigenvalue weighted by Gasteiger charge is 2.21. The molecule has 2 atom stereocenters. The number of rotatable bonds is 20. The van der Waals surface area contributed by atoms with Gasteiger partial charge in [-0.2, -0.15) is 0 Å². The lowest BCUT2D eigenvalue weighted by atomic mass is 10.1. The molecule has 0 spiro atoms. The minimum atomic E-state index is -0.660. The highest BCUT2D eigenvalue weighted by Crippen LogP contribution is 2.00. The van der Waals surface area contributed by atoms with E-state index in [1.807, 2.05) is 0 Å². The molecule has 0 fully saturated rings. The second kappa shape index (κ2) is 19.9. The number of methoxy groups -OCH3 is 1. The van der Waals surface area contributed by atoms with Gasteiger partial charge in [0.1, 0.15) is 0 Å². The van der Waals surface area contributed by atoms with Crippen LogP contribution in [-0.2, 0) is 9.53 Å². The maximum Gasteiger partial charge on any atom is 0.307 e. The number of hydrogen-bond acceptors (Lipinski definition) is 9. The number of aliphatic hydroxyl groups is 1. The summed E-state index contributed by atoms with van der Waals surface area (Å²) in [6.45, 7) is 13.3. The van der Waals surface area contributed by atoms with Crippen LogP contribution >= 0.6 is 0 Å². The van der Waals surface area contributed by atoms with Crippen molar-refractivity contribution in [3.8, 4) is 0 Å². The lowest BCUT2D eigenvalue weighted by Gasteiger charge is -2.24. The van der Waals surface area contributed by atoms with Crippen LogP contribution in [-0.4, -0.2) is 102 Å². The van der Waals surface area contributed by atoms with Gasteiger partial charge in [-0.05, 0) is 13.1 Å². The summed E-state index contributed by atoms with van der Waals surface area (Å²) in [7, 11) is 1.37. The van der Waals surface area contributed by atoms with E-state index in [1.165, 1.54) is 7.11 Å². The van der Waals surface area contributed by atoms with Crippen LogP contribution in [0.1, 0.15) is 20.3 Å². The topological polar surface area (TPSA) is 119 Å². The zero-order valence-electron chi connectivity index (χ0n) is 17.4. The van der Waals surface area contributed by atoms with Gasteiger partial charge in [0.2, 0.25) is 0 Å². The zero-order chi connectivity index (χ0) is 20.2. The molecule has 0 aliphatic rings. The van der Waals surface area contributed by atoms with E-state index >= 15 is 0 Å². The Hall–Kier alpha value is -0.810. The summed E-state index contributed by atoms with van der Waals surface area (Å²) in [5.41, 5.74) is 0. The van der Waals surface area contributed by atoms with Crippen molar-refractivity contribution in [3.63, 3.8) is 0 Å². The molecule has 0 rings (SSSR count). The van der Waals surface area contributed by atoms with E-state index < -0.39 is 6.10 Å². The number of nitrogens with one attached hydrogen (secondary N) is 6. The quantitative estimate of drug-likeness (QED) is 0.0923. The first-order chi connectivity index (χ1) is 13.2. The summed E-state index contributed by atoms with van der Waals surface area (Å²) in [6, 6.07) is -0.331. The summed E-state index contributed by atoms with van der Waals surface area (Å²) < 4.78 is 4.74. The first-order valence-corrected chi connectivity index (χ1v) is 10.2. The molecule has 0 saturated carbocycles. The number of carbonyl (C=O) groups excluding carboxylic acids is 1. The number of esters is 1. The van der Waals surface area contributed by atoms with Gasteiger partial charge in [-0.1, -0.05) is 13.8 Å². The molecule has 0 saturated heterocycles. The Morgan fingerprint density at radius 3 is 1.81 bits per heavy atom. The standard InChI is InChI=1S/C18H42N6O3/c1-4-19-6-8-21-10-11-23-15-17(25)16(14-18(26)27-3)24-13-12-22-9-7-20-5-2/h16-17,19-25H,4-15H2,1-3H3. The molecular formula is C18H42N6O3. The maximum atomic E-state index is 11.6. The minimum Gasteiger partial charge on any atom is -0.469 e. The third kappa shape index (κ3) is 17.0. The monoisotopic (exact) mass is 390 g/mol. The smallest absolute Gasteiger partial charge is 0.307 e. The predicted molar refractivity (Wildman–Crippen MR) is 110 cm³/mol.